The molecule has 1 saturated heterocycles. The van der Waals surface area contributed by atoms with Gasteiger partial charge in [-0.1, -0.05) is 36.4 Å². The van der Waals surface area contributed by atoms with Crippen LogP contribution in [0.4, 0.5) is 0 Å². The number of aliphatic hydroxyl groups is 1. The molecule has 1 atom stereocenters. The molecule has 0 aliphatic carbocycles. The van der Waals surface area contributed by atoms with Gasteiger partial charge in [-0.05, 0) is 53.9 Å². The van der Waals surface area contributed by atoms with Crippen molar-refractivity contribution in [2.75, 3.05) is 27.4 Å². The average molecular weight is 504 g/mol. The minimum absolute atomic E-state index is 0.0464. The van der Waals surface area contributed by atoms with Gasteiger partial charge in [0.2, 0.25) is 0 Å². The number of benzene rings is 3. The molecule has 0 saturated carbocycles. The Hall–Kier alpha value is -4.30. The van der Waals surface area contributed by atoms with Gasteiger partial charge in [-0.15, -0.1) is 0 Å². The summed E-state index contributed by atoms with van der Waals surface area (Å²) < 4.78 is 16.2. The molecule has 0 radical (unpaired) electrons. The number of carbonyl (C=O) groups is 2. The molecule has 4 rings (SSSR count). The molecule has 37 heavy (non-hydrogen) atoms. The molecule has 8 heteroatoms. The highest BCUT2D eigenvalue weighted by atomic mass is 16.5. The molecule has 192 valence electrons. The molecule has 1 fully saturated rings. The third kappa shape index (κ3) is 5.29. The van der Waals surface area contributed by atoms with E-state index in [0.29, 0.717) is 29.0 Å². The minimum Gasteiger partial charge on any atom is -0.507 e. The van der Waals surface area contributed by atoms with Gasteiger partial charge in [0.05, 0.1) is 25.3 Å². The summed E-state index contributed by atoms with van der Waals surface area (Å²) in [5.74, 6) is -1.11. The van der Waals surface area contributed by atoms with Crippen LogP contribution >= 0.6 is 0 Å². The number of hydrogen-bond donors (Lipinski definition) is 2. The number of carbonyl (C=O) groups excluding carboxylic acids is 2. The van der Waals surface area contributed by atoms with E-state index in [0.717, 1.165) is 5.56 Å². The zero-order valence-corrected chi connectivity index (χ0v) is 20.9. The lowest BCUT2D eigenvalue weighted by Gasteiger charge is -2.25. The highest BCUT2D eigenvalue weighted by molar-refractivity contribution is 6.46. The van der Waals surface area contributed by atoms with Gasteiger partial charge in [0.1, 0.15) is 18.1 Å². The Bertz CT molecular complexity index is 1330. The summed E-state index contributed by atoms with van der Waals surface area (Å²) in [6.07, 6.45) is 0. The fraction of sp³-hybridized carbons (Fsp3) is 0.241. The molecule has 2 N–H and O–H groups in total. The van der Waals surface area contributed by atoms with E-state index in [9.17, 15) is 19.8 Å². The fourth-order valence-electron chi connectivity index (χ4n) is 4.39. The summed E-state index contributed by atoms with van der Waals surface area (Å²) >= 11 is 0. The third-order valence-electron chi connectivity index (χ3n) is 6.30. The van der Waals surface area contributed by atoms with Crippen molar-refractivity contribution in [3.05, 3.63) is 94.6 Å². The molecule has 1 aliphatic rings. The Kier molecular flexibility index (Phi) is 7.79. The molecule has 8 nitrogen and oxygen atoms in total. The fourth-order valence-corrected chi connectivity index (χ4v) is 4.39. The van der Waals surface area contributed by atoms with Crippen LogP contribution < -0.4 is 9.47 Å². The number of rotatable bonds is 9. The molecule has 1 aliphatic heterocycles. The Morgan fingerprint density at radius 3 is 2.43 bits per heavy atom. The van der Waals surface area contributed by atoms with Crippen molar-refractivity contribution >= 4 is 17.4 Å². The number of Topliss-reactive ketones (excluding diaryl/α,β-unsaturated/α-hetero) is 1. The highest BCUT2D eigenvalue weighted by Gasteiger charge is 2.46. The summed E-state index contributed by atoms with van der Waals surface area (Å²) in [5, 5.41) is 21.4. The van der Waals surface area contributed by atoms with E-state index in [4.69, 9.17) is 14.2 Å². The molecule has 3 aromatic carbocycles. The number of methoxy groups -OCH3 is 2. The second kappa shape index (κ2) is 11.2. The number of phenolic OH excluding ortho intramolecular Hbond substituents is 1. The SMILES string of the molecule is COCCN1C(=O)C(=O)C(=C(O)c2ccc(OCc3ccccc3)cc2C)[C@H]1c1ccc(O)c(OC)c1. The maximum Gasteiger partial charge on any atom is 0.295 e. The number of ketones is 1. The molecule has 3 aromatic rings. The number of hydrogen-bond acceptors (Lipinski definition) is 7. The van der Waals surface area contributed by atoms with Crippen LogP contribution in [0.5, 0.6) is 17.2 Å². The number of aryl methyl sites for hydroxylation is 1. The molecule has 0 spiro atoms. The van der Waals surface area contributed by atoms with Gasteiger partial charge < -0.3 is 29.3 Å². The first kappa shape index (κ1) is 25.8. The van der Waals surface area contributed by atoms with Crippen molar-refractivity contribution in [1.29, 1.82) is 0 Å². The summed E-state index contributed by atoms with van der Waals surface area (Å²) in [7, 11) is 2.91. The first-order valence-electron chi connectivity index (χ1n) is 11.8. The van der Waals surface area contributed by atoms with Crippen molar-refractivity contribution in [3.63, 3.8) is 0 Å². The normalized spacial score (nSPS) is 16.7. The number of amides is 1. The molecule has 0 unspecified atom stereocenters. The van der Waals surface area contributed by atoms with Gasteiger partial charge in [-0.25, -0.2) is 0 Å². The minimum atomic E-state index is -0.891. The first-order chi connectivity index (χ1) is 17.8. The Balaban J connectivity index is 1.73. The largest absolute Gasteiger partial charge is 0.507 e. The molecule has 0 bridgehead atoms. The van der Waals surface area contributed by atoms with Crippen LogP contribution in [0.25, 0.3) is 5.76 Å². The van der Waals surface area contributed by atoms with Gasteiger partial charge in [0, 0.05) is 19.2 Å². The van der Waals surface area contributed by atoms with Gasteiger partial charge >= 0.3 is 0 Å². The number of nitrogens with zero attached hydrogens (tertiary/aromatic N) is 1. The standard InChI is InChI=1S/C29H29NO7/c1-18-15-21(37-17-19-7-5-4-6-8-19)10-11-22(18)27(32)25-26(20-9-12-23(31)24(16-20)36-3)30(13-14-35-2)29(34)28(25)33/h4-12,15-16,26,31-32H,13-14,17H2,1-3H3/t26-/m1/s1. The van der Waals surface area contributed by atoms with E-state index in [1.807, 2.05) is 30.3 Å². The highest BCUT2D eigenvalue weighted by Crippen LogP contribution is 2.42. The van der Waals surface area contributed by atoms with Crippen LogP contribution in [0.15, 0.2) is 72.3 Å². The van der Waals surface area contributed by atoms with Crippen LogP contribution in [0.2, 0.25) is 0 Å². The van der Waals surface area contributed by atoms with Gasteiger partial charge in [0.25, 0.3) is 11.7 Å². The lowest BCUT2D eigenvalue weighted by atomic mass is 9.93. The summed E-state index contributed by atoms with van der Waals surface area (Å²) in [6, 6.07) is 18.6. The molecule has 0 aromatic heterocycles. The van der Waals surface area contributed by atoms with Crippen LogP contribution in [0, 0.1) is 6.92 Å². The van der Waals surface area contributed by atoms with Crippen molar-refractivity contribution < 1.29 is 34.0 Å². The average Bonchev–Trinajstić information content (AvgIpc) is 3.16. The number of likely N-dealkylation sites (tertiary alicyclic amines) is 1. The Labute approximate surface area is 215 Å². The predicted molar refractivity (Wildman–Crippen MR) is 137 cm³/mol. The molecular weight excluding hydrogens is 474 g/mol. The maximum atomic E-state index is 13.2. The van der Waals surface area contributed by atoms with Crippen molar-refractivity contribution in [1.82, 2.24) is 4.90 Å². The topological polar surface area (TPSA) is 106 Å². The Morgan fingerprint density at radius 1 is 1.00 bits per heavy atom. The second-order valence-electron chi connectivity index (χ2n) is 8.67. The van der Waals surface area contributed by atoms with Gasteiger partial charge in [-0.2, -0.15) is 0 Å². The number of aliphatic hydroxyl groups excluding tert-OH is 1. The van der Waals surface area contributed by atoms with E-state index in [-0.39, 0.29) is 36.0 Å². The summed E-state index contributed by atoms with van der Waals surface area (Å²) in [4.78, 5) is 27.5. The van der Waals surface area contributed by atoms with E-state index < -0.39 is 17.7 Å². The van der Waals surface area contributed by atoms with Crippen LogP contribution in [-0.4, -0.2) is 54.2 Å². The van der Waals surface area contributed by atoms with Crippen molar-refractivity contribution in [3.8, 4) is 17.2 Å². The number of aromatic hydroxyl groups is 1. The molecule has 1 amide bonds. The molecule has 1 heterocycles. The van der Waals surface area contributed by atoms with E-state index >= 15 is 0 Å². The van der Waals surface area contributed by atoms with Crippen LogP contribution in [0.3, 0.4) is 0 Å². The lowest BCUT2D eigenvalue weighted by Crippen LogP contribution is -2.32. The first-order valence-corrected chi connectivity index (χ1v) is 11.8. The van der Waals surface area contributed by atoms with Crippen LogP contribution in [-0.2, 0) is 20.9 Å². The van der Waals surface area contributed by atoms with E-state index in [2.05, 4.69) is 0 Å². The van der Waals surface area contributed by atoms with E-state index in [1.54, 1.807) is 37.3 Å². The summed E-state index contributed by atoms with van der Waals surface area (Å²) in [5.41, 5.74) is 2.56. The quantitative estimate of drug-likeness (QED) is 0.254. The predicted octanol–water partition coefficient (Wildman–Crippen LogP) is 4.36. The lowest BCUT2D eigenvalue weighted by molar-refractivity contribution is -0.140. The second-order valence-corrected chi connectivity index (χ2v) is 8.67. The number of ether oxygens (including phenoxy) is 3. The zero-order valence-electron chi connectivity index (χ0n) is 20.9. The van der Waals surface area contributed by atoms with E-state index in [1.165, 1.54) is 25.2 Å². The maximum absolute atomic E-state index is 13.2. The van der Waals surface area contributed by atoms with Crippen molar-refractivity contribution in [2.24, 2.45) is 0 Å². The van der Waals surface area contributed by atoms with Gasteiger partial charge in [-0.3, -0.25) is 9.59 Å². The summed E-state index contributed by atoms with van der Waals surface area (Å²) in [6.45, 7) is 2.52. The zero-order chi connectivity index (χ0) is 26.5. The smallest absolute Gasteiger partial charge is 0.295 e. The monoisotopic (exact) mass is 503 g/mol. The Morgan fingerprint density at radius 2 is 1.76 bits per heavy atom. The van der Waals surface area contributed by atoms with Crippen LogP contribution in [0.1, 0.15) is 28.3 Å². The van der Waals surface area contributed by atoms with Gasteiger partial charge in [0.15, 0.2) is 11.5 Å². The molecular formula is C29H29NO7. The number of phenols is 1. The van der Waals surface area contributed by atoms with Crippen molar-refractivity contribution in [2.45, 2.75) is 19.6 Å². The third-order valence-corrected chi connectivity index (χ3v) is 6.30.